The molecule has 1 aromatic heterocycles. The van der Waals surface area contributed by atoms with E-state index in [2.05, 4.69) is 27.0 Å². The average molecular weight is 471 g/mol. The number of anilines is 1. The van der Waals surface area contributed by atoms with Crippen molar-refractivity contribution in [3.05, 3.63) is 70.1 Å². The Hall–Kier alpha value is -2.73. The monoisotopic (exact) mass is 470 g/mol. The summed E-state index contributed by atoms with van der Waals surface area (Å²) in [7, 11) is 0. The molecule has 1 heterocycles. The number of nitrogens with one attached hydrogen (secondary N) is 1. The fourth-order valence-electron chi connectivity index (χ4n) is 3.49. The summed E-state index contributed by atoms with van der Waals surface area (Å²) in [5.41, 5.74) is 7.02. The molecule has 0 radical (unpaired) electrons. The first-order chi connectivity index (χ1) is 15.8. The van der Waals surface area contributed by atoms with Crippen molar-refractivity contribution in [2.24, 2.45) is 0 Å². The molecule has 0 saturated carbocycles. The van der Waals surface area contributed by atoms with Crippen LogP contribution in [0, 0.1) is 17.7 Å². The lowest BCUT2D eigenvalue weighted by Gasteiger charge is -2.23. The number of pyridine rings is 1. The van der Waals surface area contributed by atoms with Crippen LogP contribution in [-0.4, -0.2) is 52.4 Å². The molecule has 0 bridgehead atoms. The van der Waals surface area contributed by atoms with E-state index in [0.29, 0.717) is 22.7 Å². The Kier molecular flexibility index (Phi) is 8.61. The summed E-state index contributed by atoms with van der Waals surface area (Å²) < 4.78 is 14.7. The minimum absolute atomic E-state index is 0.0775. The molecule has 174 valence electrons. The van der Waals surface area contributed by atoms with Crippen molar-refractivity contribution >= 4 is 28.2 Å². The van der Waals surface area contributed by atoms with Gasteiger partial charge in [-0.1, -0.05) is 49.4 Å². The van der Waals surface area contributed by atoms with Crippen molar-refractivity contribution in [2.45, 2.75) is 26.2 Å². The molecule has 2 aromatic carbocycles. The van der Waals surface area contributed by atoms with E-state index in [4.69, 9.17) is 17.3 Å². The topological polar surface area (TPSA) is 94.6 Å². The first kappa shape index (κ1) is 24.9. The van der Waals surface area contributed by atoms with Crippen LogP contribution < -0.4 is 11.1 Å². The Morgan fingerprint density at radius 2 is 1.91 bits per heavy atom. The number of aliphatic hydroxyl groups excluding tert-OH is 2. The van der Waals surface area contributed by atoms with Gasteiger partial charge in [0.05, 0.1) is 11.7 Å². The first-order valence-electron chi connectivity index (χ1n) is 10.8. The highest BCUT2D eigenvalue weighted by molar-refractivity contribution is 6.31. The number of aromatic nitrogens is 1. The second kappa shape index (κ2) is 11.4. The van der Waals surface area contributed by atoms with Crippen molar-refractivity contribution in [3.63, 3.8) is 0 Å². The Morgan fingerprint density at radius 1 is 1.15 bits per heavy atom. The number of benzene rings is 2. The van der Waals surface area contributed by atoms with Gasteiger partial charge >= 0.3 is 0 Å². The summed E-state index contributed by atoms with van der Waals surface area (Å²) in [6, 6.07) is 9.69. The molecule has 8 heteroatoms. The van der Waals surface area contributed by atoms with Crippen LogP contribution in [0.25, 0.3) is 10.8 Å². The average Bonchev–Trinajstić information content (AvgIpc) is 2.80. The number of aliphatic hydroxyl groups is 2. The zero-order valence-electron chi connectivity index (χ0n) is 18.6. The molecule has 2 atom stereocenters. The maximum Gasteiger partial charge on any atom is 0.139 e. The van der Waals surface area contributed by atoms with Gasteiger partial charge in [-0.25, -0.2) is 9.37 Å². The van der Waals surface area contributed by atoms with Gasteiger partial charge in [-0.2, -0.15) is 0 Å². The predicted molar refractivity (Wildman–Crippen MR) is 130 cm³/mol. The van der Waals surface area contributed by atoms with Crippen LogP contribution in [0.3, 0.4) is 0 Å². The van der Waals surface area contributed by atoms with E-state index in [1.165, 1.54) is 12.1 Å². The Morgan fingerprint density at radius 3 is 2.61 bits per heavy atom. The van der Waals surface area contributed by atoms with E-state index < -0.39 is 18.1 Å². The van der Waals surface area contributed by atoms with Crippen molar-refractivity contribution < 1.29 is 14.6 Å². The SMILES string of the molecule is CCN(CC)CC(O)CNC(O)c1ccc(C#Cc2c(N)ncc3ccc(Cl)cc23)cc1F. The third kappa shape index (κ3) is 6.41. The Bertz CT molecular complexity index is 1170. The fraction of sp³-hybridized carbons (Fsp3) is 0.320. The highest BCUT2D eigenvalue weighted by atomic mass is 35.5. The number of nitrogens with zero attached hydrogens (tertiary/aromatic N) is 2. The highest BCUT2D eigenvalue weighted by Gasteiger charge is 2.15. The summed E-state index contributed by atoms with van der Waals surface area (Å²) in [4.78, 5) is 6.23. The lowest BCUT2D eigenvalue weighted by molar-refractivity contribution is 0.0793. The summed E-state index contributed by atoms with van der Waals surface area (Å²) >= 11 is 6.11. The van der Waals surface area contributed by atoms with E-state index in [1.54, 1.807) is 24.4 Å². The number of hydrogen-bond donors (Lipinski definition) is 4. The van der Waals surface area contributed by atoms with Crippen molar-refractivity contribution in [1.82, 2.24) is 15.2 Å². The standard InChI is InChI=1S/C25H28ClFN4O2/c1-3-31(4-2)15-19(32)14-30-25(33)21-10-6-16(11-23(21)27)5-9-20-22-12-18(26)8-7-17(22)13-29-24(20)28/h6-8,10-13,19,25,30,32-33H,3-4,14-15H2,1-2H3,(H2,28,29). The van der Waals surface area contributed by atoms with Crippen LogP contribution in [0.4, 0.5) is 10.2 Å². The van der Waals surface area contributed by atoms with Gasteiger partial charge in [-0.05, 0) is 37.4 Å². The van der Waals surface area contributed by atoms with Crippen molar-refractivity contribution in [1.29, 1.82) is 0 Å². The third-order valence-electron chi connectivity index (χ3n) is 5.42. The van der Waals surface area contributed by atoms with E-state index in [0.717, 1.165) is 23.9 Å². The quantitative estimate of drug-likeness (QED) is 0.298. The molecule has 33 heavy (non-hydrogen) atoms. The molecular weight excluding hydrogens is 443 g/mol. The number of fused-ring (bicyclic) bond motifs is 1. The summed E-state index contributed by atoms with van der Waals surface area (Å²) in [6.45, 7) is 6.27. The van der Waals surface area contributed by atoms with Crippen molar-refractivity contribution in [2.75, 3.05) is 31.9 Å². The minimum Gasteiger partial charge on any atom is -0.390 e. The zero-order chi connectivity index (χ0) is 24.0. The van der Waals surface area contributed by atoms with Crippen LogP contribution in [0.5, 0.6) is 0 Å². The van der Waals surface area contributed by atoms with Gasteiger partial charge in [0, 0.05) is 46.2 Å². The summed E-state index contributed by atoms with van der Waals surface area (Å²) in [5.74, 6) is 5.53. The minimum atomic E-state index is -1.25. The molecule has 0 fully saturated rings. The number of rotatable bonds is 8. The number of halogens is 2. The largest absolute Gasteiger partial charge is 0.390 e. The van der Waals surface area contributed by atoms with Gasteiger partial charge < -0.3 is 20.8 Å². The number of nitrogen functional groups attached to an aromatic ring is 1. The highest BCUT2D eigenvalue weighted by Crippen LogP contribution is 2.25. The molecule has 2 unspecified atom stereocenters. The molecule has 5 N–H and O–H groups in total. The second-order valence-corrected chi connectivity index (χ2v) is 8.12. The fourth-order valence-corrected chi connectivity index (χ4v) is 3.67. The maximum absolute atomic E-state index is 14.7. The van der Waals surface area contributed by atoms with Crippen LogP contribution in [0.15, 0.2) is 42.6 Å². The normalized spacial score (nSPS) is 13.1. The number of nitrogens with two attached hydrogens (primary N) is 1. The Labute approximate surface area is 198 Å². The van der Waals surface area contributed by atoms with Crippen LogP contribution >= 0.6 is 11.6 Å². The van der Waals surface area contributed by atoms with Crippen LogP contribution in [-0.2, 0) is 0 Å². The smallest absolute Gasteiger partial charge is 0.139 e. The van der Waals surface area contributed by atoms with E-state index in [-0.39, 0.29) is 17.9 Å². The first-order valence-corrected chi connectivity index (χ1v) is 11.2. The molecule has 0 aliphatic carbocycles. The van der Waals surface area contributed by atoms with Gasteiger partial charge in [0.25, 0.3) is 0 Å². The Balaban J connectivity index is 1.74. The molecule has 0 aliphatic heterocycles. The third-order valence-corrected chi connectivity index (χ3v) is 5.66. The molecule has 6 nitrogen and oxygen atoms in total. The number of likely N-dealkylation sites (N-methyl/N-ethyl adjacent to an activating group) is 1. The van der Waals surface area contributed by atoms with Gasteiger partial charge in [-0.15, -0.1) is 0 Å². The van der Waals surface area contributed by atoms with Gasteiger partial charge in [0.15, 0.2) is 0 Å². The lowest BCUT2D eigenvalue weighted by atomic mass is 10.1. The maximum atomic E-state index is 14.7. The predicted octanol–water partition coefficient (Wildman–Crippen LogP) is 3.29. The van der Waals surface area contributed by atoms with E-state index in [9.17, 15) is 14.6 Å². The molecular formula is C25H28ClFN4O2. The van der Waals surface area contributed by atoms with Crippen molar-refractivity contribution in [3.8, 4) is 11.8 Å². The molecule has 0 saturated heterocycles. The van der Waals surface area contributed by atoms with Gasteiger partial charge in [0.1, 0.15) is 17.9 Å². The van der Waals surface area contributed by atoms with Crippen LogP contribution in [0.1, 0.15) is 36.8 Å². The van der Waals surface area contributed by atoms with Crippen LogP contribution in [0.2, 0.25) is 5.02 Å². The van der Waals surface area contributed by atoms with Gasteiger partial charge in [-0.3, -0.25) is 5.32 Å². The van der Waals surface area contributed by atoms with Gasteiger partial charge in [0.2, 0.25) is 0 Å². The summed E-state index contributed by atoms with van der Waals surface area (Å²) in [5, 5.41) is 25.4. The molecule has 0 aliphatic rings. The molecule has 3 aromatic rings. The second-order valence-electron chi connectivity index (χ2n) is 7.69. The summed E-state index contributed by atoms with van der Waals surface area (Å²) in [6.07, 6.45) is -0.284. The number of hydrogen-bond acceptors (Lipinski definition) is 6. The molecule has 3 rings (SSSR count). The molecule has 0 amide bonds. The zero-order valence-corrected chi connectivity index (χ0v) is 19.4. The van der Waals surface area contributed by atoms with E-state index >= 15 is 0 Å². The lowest BCUT2D eigenvalue weighted by Crippen LogP contribution is -2.39. The molecule has 0 spiro atoms. The van der Waals surface area contributed by atoms with E-state index in [1.807, 2.05) is 19.9 Å².